The van der Waals surface area contributed by atoms with Crippen LogP contribution in [0, 0.1) is 19.7 Å². The first-order valence-corrected chi connectivity index (χ1v) is 12.1. The van der Waals surface area contributed by atoms with Gasteiger partial charge >= 0.3 is 0 Å². The number of rotatable bonds is 8. The lowest BCUT2D eigenvalue weighted by Gasteiger charge is -2.22. The summed E-state index contributed by atoms with van der Waals surface area (Å²) in [6, 6.07) is 11.9. The highest BCUT2D eigenvalue weighted by atomic mass is 35.5. The lowest BCUT2D eigenvalue weighted by molar-refractivity contribution is 0.368. The van der Waals surface area contributed by atoms with Gasteiger partial charge in [-0.25, -0.2) is 19.0 Å². The summed E-state index contributed by atoms with van der Waals surface area (Å²) in [6.07, 6.45) is 0. The van der Waals surface area contributed by atoms with Crippen LogP contribution in [0.5, 0.6) is 0 Å². The van der Waals surface area contributed by atoms with E-state index in [1.165, 1.54) is 10.7 Å². The van der Waals surface area contributed by atoms with Crippen molar-refractivity contribution >= 4 is 46.3 Å². The Hall–Kier alpha value is -3.76. The molecule has 0 spiro atoms. The number of nitrogens with two attached hydrogens (primary N) is 1. The van der Waals surface area contributed by atoms with Gasteiger partial charge in [-0.3, -0.25) is 4.79 Å². The Bertz CT molecular complexity index is 1510. The first kappa shape index (κ1) is 28.8. The van der Waals surface area contributed by atoms with Gasteiger partial charge in [0.25, 0.3) is 5.56 Å². The van der Waals surface area contributed by atoms with Crippen LogP contribution in [0.25, 0.3) is 10.9 Å². The van der Waals surface area contributed by atoms with Crippen molar-refractivity contribution in [2.45, 2.75) is 33.4 Å². The number of fused-ring (bicyclic) bond motifs is 1. The third-order valence-corrected chi connectivity index (χ3v) is 6.26. The number of aryl methyl sites for hydroxylation is 2. The number of nitrogen functional groups attached to an aromatic ring is 1. The van der Waals surface area contributed by atoms with Gasteiger partial charge in [-0.1, -0.05) is 0 Å². The number of likely N-dealkylation sites (N-methyl/N-ethyl adjacent to an activating group) is 1. The number of benzene rings is 2. The molecule has 9 nitrogen and oxygen atoms in total. The number of nitrogens with zero attached hydrogens (tertiary/aromatic N) is 6. The van der Waals surface area contributed by atoms with Crippen LogP contribution < -0.4 is 21.5 Å². The Morgan fingerprint density at radius 3 is 2.53 bits per heavy atom. The fourth-order valence-corrected chi connectivity index (χ4v) is 4.18. The molecule has 0 radical (unpaired) electrons. The highest BCUT2D eigenvalue weighted by molar-refractivity contribution is 5.92. The van der Waals surface area contributed by atoms with E-state index in [2.05, 4.69) is 20.4 Å². The summed E-state index contributed by atoms with van der Waals surface area (Å²) >= 11 is 0. The zero-order chi connectivity index (χ0) is 26.9. The third-order valence-electron chi connectivity index (χ3n) is 6.26. The molecule has 202 valence electrons. The summed E-state index contributed by atoms with van der Waals surface area (Å²) in [4.78, 5) is 25.4. The molecule has 2 heterocycles. The third kappa shape index (κ3) is 6.20. The minimum absolute atomic E-state index is 0. The van der Waals surface area contributed by atoms with Crippen LogP contribution in [-0.2, 0) is 6.54 Å². The monoisotopic (exact) mass is 540 g/mol. The molecule has 0 unspecified atom stereocenters. The number of aromatic nitrogens is 4. The Labute approximate surface area is 227 Å². The zero-order valence-electron chi connectivity index (χ0n) is 22.5. The number of nitrogens with one attached hydrogen (secondary N) is 1. The van der Waals surface area contributed by atoms with Crippen LogP contribution in [0.1, 0.15) is 29.9 Å². The van der Waals surface area contributed by atoms with Gasteiger partial charge in [0.05, 0.1) is 18.1 Å². The molecule has 0 aliphatic heterocycles. The summed E-state index contributed by atoms with van der Waals surface area (Å²) in [5.41, 5.74) is 8.91. The van der Waals surface area contributed by atoms with Crippen LogP contribution in [0.4, 0.5) is 27.4 Å². The second kappa shape index (κ2) is 11.7. The Morgan fingerprint density at radius 2 is 1.82 bits per heavy atom. The van der Waals surface area contributed by atoms with Crippen LogP contribution in [0.3, 0.4) is 0 Å². The van der Waals surface area contributed by atoms with Gasteiger partial charge in [-0.2, -0.15) is 5.10 Å². The van der Waals surface area contributed by atoms with E-state index >= 15 is 0 Å². The van der Waals surface area contributed by atoms with E-state index in [1.807, 2.05) is 63.0 Å². The highest BCUT2D eigenvalue weighted by Gasteiger charge is 2.17. The molecule has 1 atom stereocenters. The van der Waals surface area contributed by atoms with E-state index < -0.39 is 0 Å². The van der Waals surface area contributed by atoms with Crippen molar-refractivity contribution in [2.75, 3.05) is 43.6 Å². The molecule has 11 heteroatoms. The molecule has 4 rings (SSSR count). The molecular formula is C27H34ClFN8O. The molecule has 3 N–H and O–H groups in total. The molecular weight excluding hydrogens is 507 g/mol. The minimum atomic E-state index is -0.386. The van der Waals surface area contributed by atoms with Crippen molar-refractivity contribution in [1.82, 2.24) is 24.6 Å². The quantitative estimate of drug-likeness (QED) is 0.316. The Kier molecular flexibility index (Phi) is 8.90. The lowest BCUT2D eigenvalue weighted by Crippen LogP contribution is -2.29. The average molecular weight is 541 g/mol. The zero-order valence-corrected chi connectivity index (χ0v) is 23.3. The lowest BCUT2D eigenvalue weighted by atomic mass is 10.0. The number of anilines is 4. The Morgan fingerprint density at radius 1 is 1.08 bits per heavy atom. The molecule has 0 aliphatic rings. The Balaban J connectivity index is 0.00000400. The van der Waals surface area contributed by atoms with Crippen molar-refractivity contribution in [3.05, 3.63) is 75.6 Å². The first-order valence-electron chi connectivity index (χ1n) is 12.1. The number of halogens is 2. The predicted octanol–water partition coefficient (Wildman–Crippen LogP) is 4.45. The van der Waals surface area contributed by atoms with Crippen molar-refractivity contribution < 1.29 is 4.39 Å². The van der Waals surface area contributed by atoms with Crippen molar-refractivity contribution in [1.29, 1.82) is 0 Å². The maximum atomic E-state index is 14.9. The first-order chi connectivity index (χ1) is 17.5. The SMILES string of the molecule is Cc1nc(N[C@H](C)c2cc(N)cc(C)c2F)c2cc(N(C)c3ccc(=O)n(CCN(C)C)n3)ccc2n1.Cl. The number of hydrogen-bond acceptors (Lipinski definition) is 8. The van der Waals surface area contributed by atoms with Crippen LogP contribution in [-0.4, -0.2) is 52.3 Å². The molecule has 38 heavy (non-hydrogen) atoms. The van der Waals surface area contributed by atoms with E-state index in [-0.39, 0.29) is 29.8 Å². The summed E-state index contributed by atoms with van der Waals surface area (Å²) < 4.78 is 16.3. The molecule has 0 saturated heterocycles. The van der Waals surface area contributed by atoms with Gasteiger partial charge in [0, 0.05) is 42.0 Å². The maximum absolute atomic E-state index is 14.9. The molecule has 0 amide bonds. The molecule has 0 aliphatic carbocycles. The molecule has 2 aromatic heterocycles. The molecule has 0 bridgehead atoms. The van der Waals surface area contributed by atoms with Crippen LogP contribution in [0.15, 0.2) is 47.3 Å². The molecule has 2 aromatic carbocycles. The molecule has 0 fully saturated rings. The summed E-state index contributed by atoms with van der Waals surface area (Å²) in [7, 11) is 5.79. The second-order valence-corrected chi connectivity index (χ2v) is 9.54. The normalized spacial score (nSPS) is 11.9. The summed E-state index contributed by atoms with van der Waals surface area (Å²) in [5.74, 6) is 1.53. The second-order valence-electron chi connectivity index (χ2n) is 9.54. The standard InChI is InChI=1S/C27H33FN8O.ClH/c1-16-13-19(29)14-21(26(16)28)17(2)30-27-22-15-20(7-8-23(22)31-18(3)32-27)35(6)24-9-10-25(37)36(33-24)12-11-34(4)5;/h7-10,13-15,17H,11-12,29H2,1-6H3,(H,30,31,32);1H/t17-;/m1./s1. The molecule has 0 saturated carbocycles. The van der Waals surface area contributed by atoms with E-state index in [4.69, 9.17) is 5.73 Å². The van der Waals surface area contributed by atoms with Gasteiger partial charge in [0.15, 0.2) is 5.82 Å². The smallest absolute Gasteiger partial charge is 0.266 e. The van der Waals surface area contributed by atoms with E-state index in [0.717, 1.165) is 16.6 Å². The average Bonchev–Trinajstić information content (AvgIpc) is 2.84. The van der Waals surface area contributed by atoms with Gasteiger partial charge in [0.1, 0.15) is 17.5 Å². The highest BCUT2D eigenvalue weighted by Crippen LogP contribution is 2.31. The van der Waals surface area contributed by atoms with E-state index in [0.29, 0.717) is 47.4 Å². The maximum Gasteiger partial charge on any atom is 0.266 e. The fourth-order valence-electron chi connectivity index (χ4n) is 4.18. The van der Waals surface area contributed by atoms with E-state index in [9.17, 15) is 9.18 Å². The minimum Gasteiger partial charge on any atom is -0.399 e. The van der Waals surface area contributed by atoms with Crippen molar-refractivity contribution in [2.24, 2.45) is 0 Å². The topological polar surface area (TPSA) is 105 Å². The number of hydrogen-bond donors (Lipinski definition) is 2. The van der Waals surface area contributed by atoms with Crippen LogP contribution in [0.2, 0.25) is 0 Å². The predicted molar refractivity (Wildman–Crippen MR) is 154 cm³/mol. The van der Waals surface area contributed by atoms with Gasteiger partial charge in [-0.15, -0.1) is 12.4 Å². The summed E-state index contributed by atoms with van der Waals surface area (Å²) in [5, 5.41) is 8.69. The van der Waals surface area contributed by atoms with Gasteiger partial charge in [-0.05, 0) is 76.8 Å². The van der Waals surface area contributed by atoms with Gasteiger partial charge < -0.3 is 20.9 Å². The molecule has 4 aromatic rings. The van der Waals surface area contributed by atoms with Crippen molar-refractivity contribution in [3.8, 4) is 0 Å². The van der Waals surface area contributed by atoms with Crippen molar-refractivity contribution in [3.63, 3.8) is 0 Å². The van der Waals surface area contributed by atoms with Gasteiger partial charge in [0.2, 0.25) is 0 Å². The van der Waals surface area contributed by atoms with Crippen LogP contribution >= 0.6 is 12.4 Å². The fraction of sp³-hybridized carbons (Fsp3) is 0.333. The largest absolute Gasteiger partial charge is 0.399 e. The summed E-state index contributed by atoms with van der Waals surface area (Å²) in [6.45, 7) is 6.59. The van der Waals surface area contributed by atoms with E-state index in [1.54, 1.807) is 25.1 Å².